The van der Waals surface area contributed by atoms with E-state index in [1.54, 1.807) is 6.33 Å². The maximum atomic E-state index is 4.42. The highest BCUT2D eigenvalue weighted by molar-refractivity contribution is 9.10. The molecule has 2 aromatic rings. The lowest BCUT2D eigenvalue weighted by Gasteiger charge is -2.37. The van der Waals surface area contributed by atoms with Crippen LogP contribution >= 0.6 is 15.9 Å². The fraction of sp³-hybridized carbons (Fsp3) is 0.333. The number of aromatic nitrogens is 2. The Morgan fingerprint density at radius 3 is 2.33 bits per heavy atom. The largest absolute Gasteiger partial charge is 0.372 e. The number of hydrogen-bond donors (Lipinski definition) is 1. The second-order valence-corrected chi connectivity index (χ2v) is 5.71. The normalized spacial score (nSPS) is 15.1. The lowest BCUT2D eigenvalue weighted by atomic mass is 10.2. The number of para-hydroxylation sites is 1. The van der Waals surface area contributed by atoms with Crippen molar-refractivity contribution in [3.05, 3.63) is 41.1 Å². The molecule has 110 valence electrons. The van der Waals surface area contributed by atoms with Gasteiger partial charge in [0, 0.05) is 38.9 Å². The number of benzene rings is 1. The van der Waals surface area contributed by atoms with Crippen LogP contribution in [-0.2, 0) is 0 Å². The van der Waals surface area contributed by atoms with Crippen LogP contribution < -0.4 is 15.1 Å². The van der Waals surface area contributed by atoms with E-state index in [2.05, 4.69) is 71.3 Å². The molecule has 1 saturated heterocycles. The van der Waals surface area contributed by atoms with Crippen LogP contribution in [0, 0.1) is 0 Å². The van der Waals surface area contributed by atoms with Gasteiger partial charge in [0.05, 0.1) is 0 Å². The number of piperazine rings is 1. The SMILES string of the molecule is CNc1ncnc(N2CCN(c3ccccc3)CC2)c1Br. The number of halogens is 1. The Balaban J connectivity index is 1.72. The number of hydrogen-bond acceptors (Lipinski definition) is 5. The van der Waals surface area contributed by atoms with E-state index in [9.17, 15) is 0 Å². The van der Waals surface area contributed by atoms with E-state index >= 15 is 0 Å². The van der Waals surface area contributed by atoms with Crippen molar-refractivity contribution in [3.8, 4) is 0 Å². The van der Waals surface area contributed by atoms with Gasteiger partial charge in [0.15, 0.2) is 0 Å². The maximum absolute atomic E-state index is 4.42. The van der Waals surface area contributed by atoms with Crippen LogP contribution in [0.25, 0.3) is 0 Å². The first-order valence-electron chi connectivity index (χ1n) is 7.03. The molecule has 0 bridgehead atoms. The molecule has 5 nitrogen and oxygen atoms in total. The fourth-order valence-corrected chi connectivity index (χ4v) is 3.22. The molecule has 1 aliphatic heterocycles. The summed E-state index contributed by atoms with van der Waals surface area (Å²) in [6.07, 6.45) is 1.61. The summed E-state index contributed by atoms with van der Waals surface area (Å²) in [4.78, 5) is 13.3. The third-order valence-corrected chi connectivity index (χ3v) is 4.44. The molecule has 0 radical (unpaired) electrons. The monoisotopic (exact) mass is 347 g/mol. The predicted octanol–water partition coefficient (Wildman–Crippen LogP) is 2.61. The van der Waals surface area contributed by atoms with Crippen molar-refractivity contribution in [2.75, 3.05) is 48.3 Å². The van der Waals surface area contributed by atoms with Crippen LogP contribution in [-0.4, -0.2) is 43.2 Å². The molecule has 1 N–H and O–H groups in total. The van der Waals surface area contributed by atoms with Gasteiger partial charge in [0.2, 0.25) is 0 Å². The van der Waals surface area contributed by atoms with Crippen LogP contribution in [0.2, 0.25) is 0 Å². The molecule has 0 atom stereocenters. The van der Waals surface area contributed by atoms with Gasteiger partial charge in [-0.1, -0.05) is 18.2 Å². The Morgan fingerprint density at radius 1 is 1.00 bits per heavy atom. The quantitative estimate of drug-likeness (QED) is 0.924. The molecule has 1 aromatic heterocycles. The third-order valence-electron chi connectivity index (χ3n) is 3.71. The lowest BCUT2D eigenvalue weighted by molar-refractivity contribution is 0.646. The van der Waals surface area contributed by atoms with Gasteiger partial charge >= 0.3 is 0 Å². The average molecular weight is 348 g/mol. The molecular weight excluding hydrogens is 330 g/mol. The average Bonchev–Trinajstić information content (AvgIpc) is 2.56. The number of anilines is 3. The lowest BCUT2D eigenvalue weighted by Crippen LogP contribution is -2.47. The highest BCUT2D eigenvalue weighted by Crippen LogP contribution is 2.30. The molecule has 1 fully saturated rings. The second-order valence-electron chi connectivity index (χ2n) is 4.92. The molecule has 1 aromatic carbocycles. The molecule has 6 heteroatoms. The van der Waals surface area contributed by atoms with Crippen molar-refractivity contribution >= 4 is 33.3 Å². The molecule has 3 rings (SSSR count). The summed E-state index contributed by atoms with van der Waals surface area (Å²) in [5.74, 6) is 1.78. The summed E-state index contributed by atoms with van der Waals surface area (Å²) < 4.78 is 0.931. The zero-order valence-corrected chi connectivity index (χ0v) is 13.5. The predicted molar refractivity (Wildman–Crippen MR) is 90.1 cm³/mol. The summed E-state index contributed by atoms with van der Waals surface area (Å²) in [6, 6.07) is 10.5. The number of nitrogens with zero attached hydrogens (tertiary/aromatic N) is 4. The van der Waals surface area contributed by atoms with E-state index in [1.807, 2.05) is 7.05 Å². The van der Waals surface area contributed by atoms with E-state index in [0.717, 1.165) is 42.3 Å². The highest BCUT2D eigenvalue weighted by Gasteiger charge is 2.21. The molecule has 0 unspecified atom stereocenters. The van der Waals surface area contributed by atoms with Gasteiger partial charge in [-0.15, -0.1) is 0 Å². The van der Waals surface area contributed by atoms with Crippen LogP contribution in [0.1, 0.15) is 0 Å². The second kappa shape index (κ2) is 6.30. The summed E-state index contributed by atoms with van der Waals surface area (Å²) in [5, 5.41) is 3.07. The van der Waals surface area contributed by atoms with Crippen molar-refractivity contribution in [3.63, 3.8) is 0 Å². The Hall–Kier alpha value is -1.82. The first-order valence-corrected chi connectivity index (χ1v) is 7.82. The van der Waals surface area contributed by atoms with E-state index in [4.69, 9.17) is 0 Å². The van der Waals surface area contributed by atoms with Gasteiger partial charge in [-0.05, 0) is 28.1 Å². The molecule has 0 amide bonds. The van der Waals surface area contributed by atoms with Crippen molar-refractivity contribution < 1.29 is 0 Å². The summed E-state index contributed by atoms with van der Waals surface area (Å²) in [7, 11) is 1.87. The standard InChI is InChI=1S/C15H18BrN5/c1-17-14-13(16)15(19-11-18-14)21-9-7-20(8-10-21)12-5-3-2-4-6-12/h2-6,11H,7-10H2,1H3,(H,17,18,19). The molecular formula is C15H18BrN5. The van der Waals surface area contributed by atoms with E-state index in [-0.39, 0.29) is 0 Å². The van der Waals surface area contributed by atoms with Crippen molar-refractivity contribution in [1.82, 2.24) is 9.97 Å². The van der Waals surface area contributed by atoms with Gasteiger partial charge < -0.3 is 15.1 Å². The zero-order valence-electron chi connectivity index (χ0n) is 12.0. The Bertz CT molecular complexity index is 596. The van der Waals surface area contributed by atoms with Crippen LogP contribution in [0.15, 0.2) is 41.1 Å². The maximum Gasteiger partial charge on any atom is 0.148 e. The minimum absolute atomic E-state index is 0.825. The Labute approximate surface area is 133 Å². The van der Waals surface area contributed by atoms with Gasteiger partial charge in [-0.25, -0.2) is 9.97 Å². The van der Waals surface area contributed by atoms with Crippen LogP contribution in [0.3, 0.4) is 0 Å². The van der Waals surface area contributed by atoms with Gasteiger partial charge in [-0.2, -0.15) is 0 Å². The summed E-state index contributed by atoms with van der Waals surface area (Å²) in [6.45, 7) is 3.89. The first-order chi connectivity index (χ1) is 10.3. The number of nitrogens with one attached hydrogen (secondary N) is 1. The van der Waals surface area contributed by atoms with E-state index < -0.39 is 0 Å². The molecule has 0 aliphatic carbocycles. The minimum Gasteiger partial charge on any atom is -0.372 e. The molecule has 2 heterocycles. The van der Waals surface area contributed by atoms with Crippen LogP contribution in [0.5, 0.6) is 0 Å². The smallest absolute Gasteiger partial charge is 0.148 e. The van der Waals surface area contributed by atoms with Gasteiger partial charge in [0.25, 0.3) is 0 Å². The molecule has 1 aliphatic rings. The van der Waals surface area contributed by atoms with Crippen molar-refractivity contribution in [1.29, 1.82) is 0 Å². The summed E-state index contributed by atoms with van der Waals surface area (Å²) >= 11 is 3.59. The molecule has 21 heavy (non-hydrogen) atoms. The Kier molecular flexibility index (Phi) is 4.24. The van der Waals surface area contributed by atoms with Crippen LogP contribution in [0.4, 0.5) is 17.3 Å². The van der Waals surface area contributed by atoms with Gasteiger partial charge in [0.1, 0.15) is 22.4 Å². The van der Waals surface area contributed by atoms with E-state index in [1.165, 1.54) is 5.69 Å². The fourth-order valence-electron chi connectivity index (χ4n) is 2.57. The highest BCUT2D eigenvalue weighted by atomic mass is 79.9. The topological polar surface area (TPSA) is 44.3 Å². The third kappa shape index (κ3) is 2.95. The Morgan fingerprint density at radius 2 is 1.67 bits per heavy atom. The number of rotatable bonds is 3. The van der Waals surface area contributed by atoms with Crippen molar-refractivity contribution in [2.24, 2.45) is 0 Å². The van der Waals surface area contributed by atoms with Crippen molar-refractivity contribution in [2.45, 2.75) is 0 Å². The molecule has 0 spiro atoms. The van der Waals surface area contributed by atoms with E-state index in [0.29, 0.717) is 0 Å². The zero-order chi connectivity index (χ0) is 14.7. The summed E-state index contributed by atoms with van der Waals surface area (Å²) in [5.41, 5.74) is 1.29. The first kappa shape index (κ1) is 14.1. The van der Waals surface area contributed by atoms with Gasteiger partial charge in [-0.3, -0.25) is 0 Å². The molecule has 0 saturated carbocycles. The minimum atomic E-state index is 0.825.